The molecule has 21 heavy (non-hydrogen) atoms. The van der Waals surface area contributed by atoms with Crippen molar-refractivity contribution >= 4 is 17.5 Å². The fourth-order valence-corrected chi connectivity index (χ4v) is 1.68. The Morgan fingerprint density at radius 1 is 1.14 bits per heavy atom. The summed E-state index contributed by atoms with van der Waals surface area (Å²) in [4.78, 5) is 21.9. The lowest BCUT2D eigenvalue weighted by molar-refractivity contribution is -0.384. The van der Waals surface area contributed by atoms with Gasteiger partial charge in [-0.05, 0) is 18.2 Å². The lowest BCUT2D eigenvalue weighted by atomic mass is 10.1. The second kappa shape index (κ2) is 6.04. The Balaban J connectivity index is 2.25. The molecule has 106 valence electrons. The lowest BCUT2D eigenvalue weighted by Gasteiger charge is -1.98. The monoisotopic (exact) mass is 289 g/mol. The van der Waals surface area contributed by atoms with E-state index in [0.29, 0.717) is 0 Å². The lowest BCUT2D eigenvalue weighted by Crippen LogP contribution is -1.96. The normalized spacial score (nSPS) is 10.8. The highest BCUT2D eigenvalue weighted by atomic mass is 19.2. The zero-order chi connectivity index (χ0) is 15.4. The van der Waals surface area contributed by atoms with Gasteiger partial charge in [-0.3, -0.25) is 14.9 Å². The second-order valence-corrected chi connectivity index (χ2v) is 4.15. The average Bonchev–Trinajstić information content (AvgIpc) is 2.48. The SMILES string of the molecule is O=C(/C=C/c1cccc(F)c1F)c1cccc([N+](=O)[O-])c1. The van der Waals surface area contributed by atoms with Gasteiger partial charge in [0.05, 0.1) is 4.92 Å². The molecule has 2 rings (SSSR count). The molecule has 0 fully saturated rings. The van der Waals surface area contributed by atoms with Crippen LogP contribution >= 0.6 is 0 Å². The summed E-state index contributed by atoms with van der Waals surface area (Å²) in [6.07, 6.45) is 2.16. The quantitative estimate of drug-likeness (QED) is 0.372. The van der Waals surface area contributed by atoms with Crippen LogP contribution in [0.4, 0.5) is 14.5 Å². The van der Waals surface area contributed by atoms with Crippen LogP contribution in [0.25, 0.3) is 6.08 Å². The van der Waals surface area contributed by atoms with E-state index in [2.05, 4.69) is 0 Å². The van der Waals surface area contributed by atoms with Crippen molar-refractivity contribution in [3.63, 3.8) is 0 Å². The maximum absolute atomic E-state index is 13.4. The topological polar surface area (TPSA) is 60.2 Å². The minimum atomic E-state index is -1.06. The van der Waals surface area contributed by atoms with Crippen LogP contribution in [-0.2, 0) is 0 Å². The van der Waals surface area contributed by atoms with Crippen molar-refractivity contribution in [2.45, 2.75) is 0 Å². The number of hydrogen-bond donors (Lipinski definition) is 0. The third kappa shape index (κ3) is 3.36. The molecule has 0 radical (unpaired) electrons. The summed E-state index contributed by atoms with van der Waals surface area (Å²) < 4.78 is 26.4. The van der Waals surface area contributed by atoms with Gasteiger partial charge in [0.25, 0.3) is 5.69 Å². The standard InChI is InChI=1S/C15H9F2NO3/c16-13-6-2-3-10(15(13)17)7-8-14(19)11-4-1-5-12(9-11)18(20)21/h1-9H/b8-7+. The van der Waals surface area contributed by atoms with Crippen LogP contribution in [0, 0.1) is 21.7 Å². The highest BCUT2D eigenvalue weighted by Gasteiger charge is 2.10. The molecule has 0 heterocycles. The van der Waals surface area contributed by atoms with E-state index in [9.17, 15) is 23.7 Å². The first kappa shape index (κ1) is 14.5. The Kier molecular flexibility index (Phi) is 4.18. The van der Waals surface area contributed by atoms with Gasteiger partial charge in [-0.25, -0.2) is 8.78 Å². The van der Waals surface area contributed by atoms with E-state index >= 15 is 0 Å². The molecule has 2 aromatic rings. The molecule has 0 aromatic heterocycles. The second-order valence-electron chi connectivity index (χ2n) is 4.15. The Hall–Kier alpha value is -2.89. The number of carbonyl (C=O) groups is 1. The van der Waals surface area contributed by atoms with Gasteiger partial charge in [0.1, 0.15) is 0 Å². The molecular formula is C15H9F2NO3. The molecule has 0 aliphatic rings. The summed E-state index contributed by atoms with van der Waals surface area (Å²) in [6.45, 7) is 0. The van der Waals surface area contributed by atoms with Gasteiger partial charge in [0, 0.05) is 23.3 Å². The van der Waals surface area contributed by atoms with Crippen molar-refractivity contribution in [3.8, 4) is 0 Å². The molecule has 0 unspecified atom stereocenters. The Bertz CT molecular complexity index is 741. The van der Waals surface area contributed by atoms with Crippen molar-refractivity contribution in [2.75, 3.05) is 0 Å². The van der Waals surface area contributed by atoms with Gasteiger partial charge in [-0.1, -0.05) is 24.3 Å². The molecular weight excluding hydrogens is 280 g/mol. The van der Waals surface area contributed by atoms with Crippen LogP contribution < -0.4 is 0 Å². The zero-order valence-corrected chi connectivity index (χ0v) is 10.6. The van der Waals surface area contributed by atoms with Crippen LogP contribution in [0.1, 0.15) is 15.9 Å². The molecule has 0 spiro atoms. The Morgan fingerprint density at radius 2 is 1.86 bits per heavy atom. The highest BCUT2D eigenvalue weighted by molar-refractivity contribution is 6.07. The van der Waals surface area contributed by atoms with Gasteiger partial charge >= 0.3 is 0 Å². The first-order chi connectivity index (χ1) is 9.99. The average molecular weight is 289 g/mol. The molecule has 0 aliphatic carbocycles. The van der Waals surface area contributed by atoms with E-state index < -0.39 is 22.3 Å². The smallest absolute Gasteiger partial charge is 0.270 e. The van der Waals surface area contributed by atoms with Crippen LogP contribution in [0.15, 0.2) is 48.5 Å². The fraction of sp³-hybridized carbons (Fsp3) is 0. The molecule has 0 saturated carbocycles. The largest absolute Gasteiger partial charge is 0.289 e. The number of ketones is 1. The number of nitro groups is 1. The van der Waals surface area contributed by atoms with Crippen molar-refractivity contribution in [1.29, 1.82) is 0 Å². The molecule has 4 nitrogen and oxygen atoms in total. The van der Waals surface area contributed by atoms with Crippen LogP contribution in [0.3, 0.4) is 0 Å². The highest BCUT2D eigenvalue weighted by Crippen LogP contribution is 2.16. The maximum Gasteiger partial charge on any atom is 0.270 e. The van der Waals surface area contributed by atoms with Gasteiger partial charge in [0.2, 0.25) is 0 Å². The fourth-order valence-electron chi connectivity index (χ4n) is 1.68. The summed E-state index contributed by atoms with van der Waals surface area (Å²) in [7, 11) is 0. The van der Waals surface area contributed by atoms with E-state index in [-0.39, 0.29) is 16.8 Å². The van der Waals surface area contributed by atoms with Crippen LogP contribution in [0.5, 0.6) is 0 Å². The molecule has 0 atom stereocenters. The van der Waals surface area contributed by atoms with E-state index in [1.165, 1.54) is 30.3 Å². The maximum atomic E-state index is 13.4. The number of rotatable bonds is 4. The summed E-state index contributed by atoms with van der Waals surface area (Å²) in [5.41, 5.74) is -0.197. The molecule has 0 bridgehead atoms. The third-order valence-electron chi connectivity index (χ3n) is 2.74. The first-order valence-electron chi connectivity index (χ1n) is 5.90. The van der Waals surface area contributed by atoms with Gasteiger partial charge in [-0.2, -0.15) is 0 Å². The zero-order valence-electron chi connectivity index (χ0n) is 10.6. The molecule has 2 aromatic carbocycles. The summed E-state index contributed by atoms with van der Waals surface area (Å²) >= 11 is 0. The first-order valence-corrected chi connectivity index (χ1v) is 5.90. The Labute approximate surface area is 118 Å². The van der Waals surface area contributed by atoms with Crippen molar-refractivity contribution in [2.24, 2.45) is 0 Å². The van der Waals surface area contributed by atoms with Crippen molar-refractivity contribution in [1.82, 2.24) is 0 Å². The number of carbonyl (C=O) groups excluding carboxylic acids is 1. The number of nitrogens with zero attached hydrogens (tertiary/aromatic N) is 1. The van der Waals surface area contributed by atoms with E-state index in [0.717, 1.165) is 24.3 Å². The Morgan fingerprint density at radius 3 is 2.57 bits per heavy atom. The number of benzene rings is 2. The summed E-state index contributed by atoms with van der Waals surface area (Å²) in [6, 6.07) is 8.76. The van der Waals surface area contributed by atoms with Crippen molar-refractivity contribution < 1.29 is 18.5 Å². The minimum Gasteiger partial charge on any atom is -0.289 e. The number of non-ortho nitro benzene ring substituents is 1. The van der Waals surface area contributed by atoms with Gasteiger partial charge in [0.15, 0.2) is 17.4 Å². The summed E-state index contributed by atoms with van der Waals surface area (Å²) in [5.74, 6) is -2.61. The number of nitro benzene ring substituents is 1. The third-order valence-corrected chi connectivity index (χ3v) is 2.74. The van der Waals surface area contributed by atoms with Crippen molar-refractivity contribution in [3.05, 3.63) is 81.4 Å². The number of allylic oxidation sites excluding steroid dienone is 1. The predicted octanol–water partition coefficient (Wildman–Crippen LogP) is 3.77. The molecule has 0 N–H and O–H groups in total. The summed E-state index contributed by atoms with van der Waals surface area (Å²) in [5, 5.41) is 10.6. The van der Waals surface area contributed by atoms with Crippen LogP contribution in [0.2, 0.25) is 0 Å². The minimum absolute atomic E-state index is 0.0752. The number of hydrogen-bond acceptors (Lipinski definition) is 3. The van der Waals surface area contributed by atoms with E-state index in [1.54, 1.807) is 0 Å². The molecule has 0 amide bonds. The van der Waals surface area contributed by atoms with Gasteiger partial charge in [-0.15, -0.1) is 0 Å². The molecule has 6 heteroatoms. The van der Waals surface area contributed by atoms with E-state index in [4.69, 9.17) is 0 Å². The van der Waals surface area contributed by atoms with Gasteiger partial charge < -0.3 is 0 Å². The molecule has 0 saturated heterocycles. The number of halogens is 2. The van der Waals surface area contributed by atoms with E-state index in [1.807, 2.05) is 0 Å². The predicted molar refractivity (Wildman–Crippen MR) is 72.8 cm³/mol. The van der Waals surface area contributed by atoms with Crippen LogP contribution in [-0.4, -0.2) is 10.7 Å². The molecule has 0 aliphatic heterocycles.